The van der Waals surface area contributed by atoms with E-state index in [0.29, 0.717) is 11.1 Å². The van der Waals surface area contributed by atoms with Crippen molar-refractivity contribution in [2.24, 2.45) is 0 Å². The van der Waals surface area contributed by atoms with Gasteiger partial charge < -0.3 is 0 Å². The van der Waals surface area contributed by atoms with Crippen LogP contribution in [0.4, 0.5) is 0 Å². The van der Waals surface area contributed by atoms with Gasteiger partial charge in [0.2, 0.25) is 0 Å². The standard InChI is InChI=1S/C8H4GeO3/c10-7-5-3-1-2-4-6(5)8(11)9(7)12/h1-4H. The Kier molecular flexibility index (Phi) is 1.54. The van der Waals surface area contributed by atoms with Crippen molar-refractivity contribution in [1.29, 1.82) is 0 Å². The molecule has 0 aromatic heterocycles. The van der Waals surface area contributed by atoms with Crippen molar-refractivity contribution in [3.05, 3.63) is 35.4 Å². The summed E-state index contributed by atoms with van der Waals surface area (Å²) in [6.45, 7) is 0. The molecule has 1 aliphatic rings. The molecule has 3 nitrogen and oxygen atoms in total. The first kappa shape index (κ1) is 7.55. The molecule has 0 aliphatic carbocycles. The predicted molar refractivity (Wildman–Crippen MR) is 41.5 cm³/mol. The van der Waals surface area contributed by atoms with Crippen molar-refractivity contribution < 1.29 is 13.4 Å². The van der Waals surface area contributed by atoms with Gasteiger partial charge in [0.05, 0.1) is 0 Å². The van der Waals surface area contributed by atoms with Crippen LogP contribution >= 0.6 is 0 Å². The summed E-state index contributed by atoms with van der Waals surface area (Å²) in [5.74, 6) is 0. The Balaban J connectivity index is 2.76. The first-order chi connectivity index (χ1) is 5.72. The van der Waals surface area contributed by atoms with E-state index < -0.39 is 23.5 Å². The van der Waals surface area contributed by atoms with Crippen LogP contribution in [0.15, 0.2) is 24.3 Å². The van der Waals surface area contributed by atoms with E-state index in [2.05, 4.69) is 0 Å². The molecular weight excluding hydrogens is 217 g/mol. The Hall–Kier alpha value is -1.10. The second kappa shape index (κ2) is 2.45. The molecule has 1 heterocycles. The van der Waals surface area contributed by atoms with Crippen LogP contribution in [-0.4, -0.2) is 23.5 Å². The van der Waals surface area contributed by atoms with Crippen LogP contribution < -0.4 is 0 Å². The van der Waals surface area contributed by atoms with Gasteiger partial charge in [0.25, 0.3) is 0 Å². The van der Waals surface area contributed by atoms with Gasteiger partial charge in [0.15, 0.2) is 0 Å². The maximum atomic E-state index is 11.1. The molecule has 1 aromatic carbocycles. The molecule has 12 heavy (non-hydrogen) atoms. The van der Waals surface area contributed by atoms with Crippen LogP contribution in [0.1, 0.15) is 20.7 Å². The fourth-order valence-corrected chi connectivity index (χ4v) is 3.60. The minimum atomic E-state index is -3.32. The zero-order valence-electron chi connectivity index (χ0n) is 6.03. The first-order valence-electron chi connectivity index (χ1n) is 3.44. The summed E-state index contributed by atoms with van der Waals surface area (Å²) in [5, 5.41) is 0. The third kappa shape index (κ3) is 0.829. The van der Waals surface area contributed by atoms with E-state index in [-0.39, 0.29) is 0 Å². The van der Waals surface area contributed by atoms with E-state index in [1.54, 1.807) is 24.3 Å². The molecule has 58 valence electrons. The quantitative estimate of drug-likeness (QED) is 0.601. The molecule has 0 fully saturated rings. The van der Waals surface area contributed by atoms with Crippen molar-refractivity contribution in [3.8, 4) is 0 Å². The van der Waals surface area contributed by atoms with Crippen molar-refractivity contribution in [1.82, 2.24) is 0 Å². The molecule has 1 aliphatic heterocycles. The molecule has 0 saturated heterocycles. The predicted octanol–water partition coefficient (Wildman–Crippen LogP) is 0.566. The van der Waals surface area contributed by atoms with Gasteiger partial charge in [-0.05, 0) is 0 Å². The molecule has 2 rings (SSSR count). The van der Waals surface area contributed by atoms with Gasteiger partial charge in [-0.2, -0.15) is 0 Å². The normalized spacial score (nSPS) is 15.2. The van der Waals surface area contributed by atoms with Gasteiger partial charge in [-0.15, -0.1) is 0 Å². The minimum absolute atomic E-state index is 0.340. The first-order valence-corrected chi connectivity index (χ1v) is 6.39. The average molecular weight is 221 g/mol. The molecule has 0 amide bonds. The van der Waals surface area contributed by atoms with E-state index >= 15 is 0 Å². The topological polar surface area (TPSA) is 51.2 Å². The van der Waals surface area contributed by atoms with Crippen LogP contribution in [0.25, 0.3) is 0 Å². The van der Waals surface area contributed by atoms with Gasteiger partial charge in [-0.3, -0.25) is 0 Å². The van der Waals surface area contributed by atoms with E-state index in [9.17, 15) is 13.4 Å². The molecule has 0 unspecified atom stereocenters. The van der Waals surface area contributed by atoms with E-state index in [0.717, 1.165) is 0 Å². The summed E-state index contributed by atoms with van der Waals surface area (Å²) in [5.41, 5.74) is 0.681. The molecule has 1 aromatic rings. The van der Waals surface area contributed by atoms with E-state index in [4.69, 9.17) is 0 Å². The van der Waals surface area contributed by atoms with E-state index in [1.807, 2.05) is 0 Å². The number of benzene rings is 1. The van der Waals surface area contributed by atoms with Gasteiger partial charge in [0, 0.05) is 0 Å². The van der Waals surface area contributed by atoms with Crippen molar-refractivity contribution in [3.63, 3.8) is 0 Å². The number of hydrogen-bond acceptors (Lipinski definition) is 3. The molecule has 0 bridgehead atoms. The molecular formula is C8H4GeO3. The van der Waals surface area contributed by atoms with Gasteiger partial charge >= 0.3 is 72.3 Å². The Morgan fingerprint density at radius 2 is 1.33 bits per heavy atom. The Morgan fingerprint density at radius 1 is 0.917 bits per heavy atom. The zero-order valence-corrected chi connectivity index (χ0v) is 8.13. The fraction of sp³-hybridized carbons (Fsp3) is 0. The Morgan fingerprint density at radius 3 is 1.75 bits per heavy atom. The van der Waals surface area contributed by atoms with Crippen LogP contribution in [0, 0.1) is 0 Å². The van der Waals surface area contributed by atoms with Crippen LogP contribution in [0.2, 0.25) is 0 Å². The maximum absolute atomic E-state index is 11.1. The summed E-state index contributed by atoms with van der Waals surface area (Å²) < 4.78 is 10.2. The number of hydrogen-bond donors (Lipinski definition) is 0. The Labute approximate surface area is 72.7 Å². The SMILES string of the molecule is O=[C]1c2ccccc2[C](=O)[Ge]1=[O]. The number of carbonyl (C=O) groups excluding carboxylic acids is 2. The third-order valence-electron chi connectivity index (χ3n) is 1.83. The van der Waals surface area contributed by atoms with Gasteiger partial charge in [-0.25, -0.2) is 0 Å². The third-order valence-corrected chi connectivity index (χ3v) is 4.69. The van der Waals surface area contributed by atoms with Crippen LogP contribution in [0.3, 0.4) is 0 Å². The summed E-state index contributed by atoms with van der Waals surface area (Å²) >= 11 is -3.32. The van der Waals surface area contributed by atoms with Crippen molar-refractivity contribution in [2.45, 2.75) is 0 Å². The summed E-state index contributed by atoms with van der Waals surface area (Å²) in [6, 6.07) is 6.43. The molecule has 0 atom stereocenters. The number of carbonyl (C=O) groups is 2. The van der Waals surface area contributed by atoms with Crippen molar-refractivity contribution >= 4 is 23.5 Å². The summed E-state index contributed by atoms with van der Waals surface area (Å²) in [4.78, 5) is 22.3. The second-order valence-corrected chi connectivity index (χ2v) is 5.82. The second-order valence-electron chi connectivity index (χ2n) is 2.53. The molecule has 0 saturated carbocycles. The van der Waals surface area contributed by atoms with Gasteiger partial charge in [-0.1, -0.05) is 0 Å². The molecule has 0 spiro atoms. The number of rotatable bonds is 0. The summed E-state index contributed by atoms with van der Waals surface area (Å²) in [6.07, 6.45) is 0. The van der Waals surface area contributed by atoms with E-state index in [1.165, 1.54) is 0 Å². The van der Waals surface area contributed by atoms with Crippen LogP contribution in [-0.2, 0) is 3.78 Å². The average Bonchev–Trinajstić information content (AvgIpc) is 2.33. The molecule has 0 radical (unpaired) electrons. The fourth-order valence-electron chi connectivity index (χ4n) is 1.23. The van der Waals surface area contributed by atoms with Crippen molar-refractivity contribution in [2.75, 3.05) is 0 Å². The Bertz CT molecular complexity index is 372. The number of fused-ring (bicyclic) bond motifs is 1. The zero-order chi connectivity index (χ0) is 8.72. The molecule has 4 heteroatoms. The molecule has 0 N–H and O–H groups in total. The van der Waals surface area contributed by atoms with Gasteiger partial charge in [0.1, 0.15) is 0 Å². The van der Waals surface area contributed by atoms with Crippen LogP contribution in [0.5, 0.6) is 0 Å². The summed E-state index contributed by atoms with van der Waals surface area (Å²) in [7, 11) is 0. The monoisotopic (exact) mass is 222 g/mol.